The summed E-state index contributed by atoms with van der Waals surface area (Å²) in [6.45, 7) is 20.3. The molecule has 0 aromatic carbocycles. The van der Waals surface area contributed by atoms with E-state index in [1.165, 1.54) is 0 Å². The quantitative estimate of drug-likeness (QED) is 0.622. The molecule has 4 nitrogen and oxygen atoms in total. The molecule has 0 rings (SSSR count). The molecule has 0 aliphatic rings. The first-order valence-corrected chi connectivity index (χ1v) is 7.23. The second-order valence-corrected chi connectivity index (χ2v) is 5.81. The zero-order valence-corrected chi connectivity index (χ0v) is 13.8. The lowest BCUT2D eigenvalue weighted by molar-refractivity contribution is -0.416. The first-order chi connectivity index (χ1) is 8.23. The van der Waals surface area contributed by atoms with E-state index in [4.69, 9.17) is 4.84 Å². The van der Waals surface area contributed by atoms with E-state index in [0.29, 0.717) is 30.8 Å². The fraction of sp³-hybridized carbons (Fsp3) is 1.00. The third-order valence-electron chi connectivity index (χ3n) is 2.76. The van der Waals surface area contributed by atoms with Gasteiger partial charge in [-0.15, -0.1) is 0 Å². The van der Waals surface area contributed by atoms with Crippen LogP contribution in [0.2, 0.25) is 0 Å². The average Bonchev–Trinajstić information content (AvgIpc) is 2.14. The van der Waals surface area contributed by atoms with Crippen molar-refractivity contribution in [3.8, 4) is 0 Å². The van der Waals surface area contributed by atoms with Gasteiger partial charge in [0.15, 0.2) is 0 Å². The van der Waals surface area contributed by atoms with Crippen LogP contribution < -0.4 is 0 Å². The predicted molar refractivity (Wildman–Crippen MR) is 77.7 cm³/mol. The Bertz CT molecular complexity index is 181. The summed E-state index contributed by atoms with van der Waals surface area (Å²) in [6.07, 6.45) is 0. The molecule has 0 atom stereocenters. The Labute approximate surface area is 114 Å². The topological polar surface area (TPSA) is 19.0 Å². The van der Waals surface area contributed by atoms with Gasteiger partial charge in [-0.2, -0.15) is 10.0 Å². The molecule has 18 heavy (non-hydrogen) atoms. The van der Waals surface area contributed by atoms with E-state index in [1.807, 2.05) is 12.2 Å². The van der Waals surface area contributed by atoms with E-state index in [-0.39, 0.29) is 0 Å². The van der Waals surface area contributed by atoms with Gasteiger partial charge in [0.2, 0.25) is 0 Å². The number of nitrogens with zero attached hydrogens (tertiary/aromatic N) is 3. The summed E-state index contributed by atoms with van der Waals surface area (Å²) in [6, 6.07) is 1.60. The van der Waals surface area contributed by atoms with E-state index in [1.54, 1.807) is 0 Å². The van der Waals surface area contributed by atoms with Gasteiger partial charge >= 0.3 is 0 Å². The van der Waals surface area contributed by atoms with Gasteiger partial charge in [0, 0.05) is 24.2 Å². The number of rotatable bonds is 8. The van der Waals surface area contributed by atoms with Crippen LogP contribution in [0.25, 0.3) is 0 Å². The summed E-state index contributed by atoms with van der Waals surface area (Å²) in [5.41, 5.74) is 0. The van der Waals surface area contributed by atoms with Crippen LogP contribution in [0.15, 0.2) is 0 Å². The van der Waals surface area contributed by atoms with Crippen molar-refractivity contribution in [1.29, 1.82) is 0 Å². The second kappa shape index (κ2) is 8.10. The Morgan fingerprint density at radius 2 is 0.944 bits per heavy atom. The normalized spacial score (nSPS) is 13.3. The summed E-state index contributed by atoms with van der Waals surface area (Å²) >= 11 is 0. The molecule has 0 heterocycles. The van der Waals surface area contributed by atoms with Crippen molar-refractivity contribution in [1.82, 2.24) is 15.3 Å². The standard InChI is InChI=1S/C14H33N3O/c1-10-18-17(15(11(2)3)12(4)5)16(13(6)7)14(8)9/h11-14H,10H2,1-9H3. The molecule has 0 saturated heterocycles. The summed E-state index contributed by atoms with van der Waals surface area (Å²) in [5, 5.41) is 6.54. The maximum absolute atomic E-state index is 5.90. The molecular formula is C14H33N3O. The van der Waals surface area contributed by atoms with Crippen LogP contribution in [-0.4, -0.2) is 46.1 Å². The lowest BCUT2D eigenvalue weighted by atomic mass is 10.3. The van der Waals surface area contributed by atoms with Crippen molar-refractivity contribution in [2.24, 2.45) is 0 Å². The van der Waals surface area contributed by atoms with Gasteiger partial charge in [0.1, 0.15) is 0 Å². The van der Waals surface area contributed by atoms with Gasteiger partial charge < -0.3 is 0 Å². The van der Waals surface area contributed by atoms with Crippen LogP contribution in [0.4, 0.5) is 0 Å². The minimum Gasteiger partial charge on any atom is -0.270 e. The Balaban J connectivity index is 5.22. The number of hydrogen-bond acceptors (Lipinski definition) is 4. The first kappa shape index (κ1) is 17.8. The van der Waals surface area contributed by atoms with Crippen molar-refractivity contribution in [3.63, 3.8) is 0 Å². The third-order valence-corrected chi connectivity index (χ3v) is 2.76. The molecule has 0 aromatic rings. The Morgan fingerprint density at radius 1 is 0.667 bits per heavy atom. The summed E-state index contributed by atoms with van der Waals surface area (Å²) < 4.78 is 0. The maximum atomic E-state index is 5.90. The molecule has 0 aliphatic carbocycles. The smallest absolute Gasteiger partial charge is 0.0689 e. The SMILES string of the molecule is CCON(N(C(C)C)C(C)C)N(C(C)C)C(C)C. The highest BCUT2D eigenvalue weighted by molar-refractivity contribution is 4.67. The fourth-order valence-corrected chi connectivity index (χ4v) is 2.35. The Morgan fingerprint density at radius 3 is 1.11 bits per heavy atom. The fourth-order valence-electron chi connectivity index (χ4n) is 2.35. The molecular weight excluding hydrogens is 226 g/mol. The van der Waals surface area contributed by atoms with Crippen molar-refractivity contribution < 1.29 is 4.84 Å². The molecule has 0 spiro atoms. The van der Waals surface area contributed by atoms with Crippen molar-refractivity contribution >= 4 is 0 Å². The van der Waals surface area contributed by atoms with Crippen molar-refractivity contribution in [2.75, 3.05) is 6.61 Å². The van der Waals surface area contributed by atoms with Gasteiger partial charge in [-0.25, -0.2) is 0 Å². The molecule has 110 valence electrons. The van der Waals surface area contributed by atoms with Crippen LogP contribution >= 0.6 is 0 Å². The van der Waals surface area contributed by atoms with Crippen LogP contribution in [0.1, 0.15) is 62.3 Å². The third kappa shape index (κ3) is 4.84. The number of hydrazine groups is 2. The average molecular weight is 259 g/mol. The highest BCUT2D eigenvalue weighted by atomic mass is 16.8. The summed E-state index contributed by atoms with van der Waals surface area (Å²) in [7, 11) is 0. The molecule has 4 heteroatoms. The molecule has 0 radical (unpaired) electrons. The van der Waals surface area contributed by atoms with E-state index in [0.717, 1.165) is 0 Å². The predicted octanol–water partition coefficient (Wildman–Crippen LogP) is 3.31. The van der Waals surface area contributed by atoms with Gasteiger partial charge in [-0.3, -0.25) is 4.84 Å². The monoisotopic (exact) mass is 259 g/mol. The van der Waals surface area contributed by atoms with Crippen LogP contribution in [0.5, 0.6) is 0 Å². The maximum Gasteiger partial charge on any atom is 0.0689 e. The van der Waals surface area contributed by atoms with Crippen LogP contribution in [0, 0.1) is 0 Å². The minimum absolute atomic E-state index is 0.400. The molecule has 0 N–H and O–H groups in total. The van der Waals surface area contributed by atoms with Gasteiger partial charge in [0.25, 0.3) is 0 Å². The number of hydrogen-bond donors (Lipinski definition) is 0. The van der Waals surface area contributed by atoms with Gasteiger partial charge in [-0.1, -0.05) is 0 Å². The minimum atomic E-state index is 0.400. The molecule has 0 amide bonds. The van der Waals surface area contributed by atoms with E-state index < -0.39 is 0 Å². The first-order valence-electron chi connectivity index (χ1n) is 7.23. The van der Waals surface area contributed by atoms with Crippen LogP contribution in [-0.2, 0) is 4.84 Å². The van der Waals surface area contributed by atoms with Crippen LogP contribution in [0.3, 0.4) is 0 Å². The molecule has 0 aromatic heterocycles. The largest absolute Gasteiger partial charge is 0.270 e. The van der Waals surface area contributed by atoms with Crippen molar-refractivity contribution in [2.45, 2.75) is 86.5 Å². The lowest BCUT2D eigenvalue weighted by Gasteiger charge is -2.47. The zero-order valence-electron chi connectivity index (χ0n) is 13.8. The highest BCUT2D eigenvalue weighted by Crippen LogP contribution is 2.18. The molecule has 0 aliphatic heterocycles. The summed E-state index contributed by atoms with van der Waals surface area (Å²) in [4.78, 5) is 5.90. The zero-order chi connectivity index (χ0) is 14.5. The molecule has 0 saturated carbocycles. The van der Waals surface area contributed by atoms with E-state index in [2.05, 4.69) is 65.4 Å². The molecule has 0 unspecified atom stereocenters. The van der Waals surface area contributed by atoms with Crippen molar-refractivity contribution in [3.05, 3.63) is 0 Å². The molecule has 0 bridgehead atoms. The van der Waals surface area contributed by atoms with Gasteiger partial charge in [0.05, 0.1) is 6.61 Å². The van der Waals surface area contributed by atoms with E-state index in [9.17, 15) is 0 Å². The Kier molecular flexibility index (Phi) is 8.03. The highest BCUT2D eigenvalue weighted by Gasteiger charge is 2.31. The molecule has 0 fully saturated rings. The van der Waals surface area contributed by atoms with E-state index >= 15 is 0 Å². The van der Waals surface area contributed by atoms with Gasteiger partial charge in [-0.05, 0) is 67.6 Å². The second-order valence-electron chi connectivity index (χ2n) is 5.81. The Hall–Kier alpha value is -0.160. The lowest BCUT2D eigenvalue weighted by Crippen LogP contribution is -2.61. The summed E-state index contributed by atoms with van der Waals surface area (Å²) in [5.74, 6) is 0.